The summed E-state index contributed by atoms with van der Waals surface area (Å²) in [6, 6.07) is 17.8. The number of piperidine rings is 1. The maximum atomic E-state index is 10.5. The molecule has 0 radical (unpaired) electrons. The minimum atomic E-state index is -0.450. The number of hydrogen-bond acceptors (Lipinski definition) is 4. The predicted molar refractivity (Wildman–Crippen MR) is 93.8 cm³/mol. The molecule has 0 aliphatic carbocycles. The normalized spacial score (nSPS) is 20.3. The van der Waals surface area contributed by atoms with E-state index in [1.807, 2.05) is 54.6 Å². The highest BCUT2D eigenvalue weighted by atomic mass is 16.3. The van der Waals surface area contributed by atoms with E-state index in [9.17, 15) is 5.11 Å². The van der Waals surface area contributed by atoms with Crippen LogP contribution in [0, 0.1) is 0 Å². The quantitative estimate of drug-likeness (QED) is 0.795. The number of hydrogen-bond donors (Lipinski definition) is 1. The lowest BCUT2D eigenvalue weighted by Gasteiger charge is -2.32. The highest BCUT2D eigenvalue weighted by molar-refractivity contribution is 5.72. The molecule has 0 unspecified atom stereocenters. The SMILES string of the molecule is O[C@@H](CN1CCC[C@@H](c2nc3ccccc3o2)C1)c1ccccc1. The Kier molecular flexibility index (Phi) is 4.32. The molecule has 3 aromatic rings. The van der Waals surface area contributed by atoms with E-state index < -0.39 is 6.10 Å². The van der Waals surface area contributed by atoms with Crippen LogP contribution in [-0.4, -0.2) is 34.6 Å². The number of aromatic nitrogens is 1. The van der Waals surface area contributed by atoms with Crippen LogP contribution in [0.1, 0.15) is 36.3 Å². The van der Waals surface area contributed by atoms with E-state index in [1.54, 1.807) is 0 Å². The van der Waals surface area contributed by atoms with Gasteiger partial charge in [-0.25, -0.2) is 4.98 Å². The largest absolute Gasteiger partial charge is 0.440 e. The molecule has 2 heterocycles. The average molecular weight is 322 g/mol. The van der Waals surface area contributed by atoms with Crippen LogP contribution in [0.25, 0.3) is 11.1 Å². The number of oxazole rings is 1. The Morgan fingerprint density at radius 1 is 1.12 bits per heavy atom. The minimum absolute atomic E-state index is 0.300. The molecule has 0 saturated carbocycles. The van der Waals surface area contributed by atoms with Gasteiger partial charge in [-0.05, 0) is 37.1 Å². The number of likely N-dealkylation sites (tertiary alicyclic amines) is 1. The Hall–Kier alpha value is -2.17. The van der Waals surface area contributed by atoms with Crippen molar-refractivity contribution in [3.8, 4) is 0 Å². The van der Waals surface area contributed by atoms with Crippen LogP contribution in [0.2, 0.25) is 0 Å². The Labute approximate surface area is 141 Å². The van der Waals surface area contributed by atoms with Crippen LogP contribution >= 0.6 is 0 Å². The van der Waals surface area contributed by atoms with Crippen LogP contribution in [-0.2, 0) is 0 Å². The summed E-state index contributed by atoms with van der Waals surface area (Å²) in [5.41, 5.74) is 2.75. The summed E-state index contributed by atoms with van der Waals surface area (Å²) in [6.45, 7) is 2.55. The summed E-state index contributed by atoms with van der Waals surface area (Å²) in [5.74, 6) is 1.13. The average Bonchev–Trinajstić information content (AvgIpc) is 3.07. The number of aliphatic hydroxyl groups excluding tert-OH is 1. The lowest BCUT2D eigenvalue weighted by molar-refractivity contribution is 0.0923. The first kappa shape index (κ1) is 15.4. The van der Waals surface area contributed by atoms with Gasteiger partial charge in [0, 0.05) is 19.0 Å². The molecule has 124 valence electrons. The molecule has 2 aromatic carbocycles. The van der Waals surface area contributed by atoms with Gasteiger partial charge in [0.25, 0.3) is 0 Å². The van der Waals surface area contributed by atoms with Gasteiger partial charge in [-0.3, -0.25) is 4.90 Å². The second kappa shape index (κ2) is 6.75. The minimum Gasteiger partial charge on any atom is -0.440 e. The molecular formula is C20H22N2O2. The molecule has 0 amide bonds. The maximum absolute atomic E-state index is 10.5. The Morgan fingerprint density at radius 2 is 1.92 bits per heavy atom. The second-order valence-corrected chi connectivity index (χ2v) is 6.55. The standard InChI is InChI=1S/C20H22N2O2/c23-18(15-7-2-1-3-8-15)14-22-12-6-9-16(13-22)20-21-17-10-4-5-11-19(17)24-20/h1-5,7-8,10-11,16,18,23H,6,9,12-14H2/t16-,18+/m1/s1. The summed E-state index contributed by atoms with van der Waals surface area (Å²) in [4.78, 5) is 6.97. The van der Waals surface area contributed by atoms with Crippen LogP contribution in [0.5, 0.6) is 0 Å². The van der Waals surface area contributed by atoms with Crippen molar-refractivity contribution in [2.75, 3.05) is 19.6 Å². The van der Waals surface area contributed by atoms with E-state index in [-0.39, 0.29) is 0 Å². The van der Waals surface area contributed by atoms with Crippen molar-refractivity contribution >= 4 is 11.1 Å². The Morgan fingerprint density at radius 3 is 2.75 bits per heavy atom. The maximum Gasteiger partial charge on any atom is 0.199 e. The van der Waals surface area contributed by atoms with Crippen molar-refractivity contribution in [1.82, 2.24) is 9.88 Å². The van der Waals surface area contributed by atoms with E-state index in [0.29, 0.717) is 12.5 Å². The van der Waals surface area contributed by atoms with E-state index in [2.05, 4.69) is 9.88 Å². The summed E-state index contributed by atoms with van der Waals surface area (Å²) in [6.07, 6.45) is 1.74. The first-order valence-electron chi connectivity index (χ1n) is 8.60. The molecule has 1 aromatic heterocycles. The molecule has 1 N–H and O–H groups in total. The highest BCUT2D eigenvalue weighted by Crippen LogP contribution is 2.29. The molecule has 24 heavy (non-hydrogen) atoms. The molecule has 1 fully saturated rings. The zero-order valence-electron chi connectivity index (χ0n) is 13.6. The molecular weight excluding hydrogens is 300 g/mol. The third-order valence-corrected chi connectivity index (χ3v) is 4.78. The van der Waals surface area contributed by atoms with Gasteiger partial charge in [0.1, 0.15) is 5.52 Å². The van der Waals surface area contributed by atoms with E-state index in [0.717, 1.165) is 48.5 Å². The lowest BCUT2D eigenvalue weighted by atomic mass is 9.97. The number of para-hydroxylation sites is 2. The molecule has 0 bridgehead atoms. The number of nitrogens with zero attached hydrogens (tertiary/aromatic N) is 2. The van der Waals surface area contributed by atoms with Crippen LogP contribution < -0.4 is 0 Å². The molecule has 2 atom stereocenters. The van der Waals surface area contributed by atoms with E-state index >= 15 is 0 Å². The van der Waals surface area contributed by atoms with Crippen molar-refractivity contribution in [2.45, 2.75) is 24.9 Å². The first-order chi connectivity index (χ1) is 11.8. The number of fused-ring (bicyclic) bond motifs is 1. The van der Waals surface area contributed by atoms with Crippen LogP contribution in [0.4, 0.5) is 0 Å². The van der Waals surface area contributed by atoms with Gasteiger partial charge in [-0.1, -0.05) is 42.5 Å². The summed E-state index contributed by atoms with van der Waals surface area (Å²) < 4.78 is 5.95. The molecule has 1 aliphatic rings. The fourth-order valence-corrected chi connectivity index (χ4v) is 3.51. The van der Waals surface area contributed by atoms with Gasteiger partial charge in [0.2, 0.25) is 0 Å². The molecule has 0 spiro atoms. The molecule has 1 aliphatic heterocycles. The Balaban J connectivity index is 1.45. The van der Waals surface area contributed by atoms with Gasteiger partial charge in [0.05, 0.1) is 6.10 Å². The smallest absolute Gasteiger partial charge is 0.199 e. The monoisotopic (exact) mass is 322 g/mol. The molecule has 4 nitrogen and oxygen atoms in total. The Bertz CT molecular complexity index is 767. The third-order valence-electron chi connectivity index (χ3n) is 4.78. The van der Waals surface area contributed by atoms with Gasteiger partial charge >= 0.3 is 0 Å². The van der Waals surface area contributed by atoms with Crippen molar-refractivity contribution in [1.29, 1.82) is 0 Å². The zero-order chi connectivity index (χ0) is 16.4. The molecule has 4 heteroatoms. The number of benzene rings is 2. The molecule has 1 saturated heterocycles. The second-order valence-electron chi connectivity index (χ2n) is 6.55. The van der Waals surface area contributed by atoms with Gasteiger partial charge in [0.15, 0.2) is 11.5 Å². The van der Waals surface area contributed by atoms with Crippen molar-refractivity contribution in [3.63, 3.8) is 0 Å². The lowest BCUT2D eigenvalue weighted by Crippen LogP contribution is -2.37. The van der Waals surface area contributed by atoms with Crippen LogP contribution in [0.15, 0.2) is 59.0 Å². The zero-order valence-corrected chi connectivity index (χ0v) is 13.6. The van der Waals surface area contributed by atoms with Crippen molar-refractivity contribution in [2.24, 2.45) is 0 Å². The van der Waals surface area contributed by atoms with Gasteiger partial charge < -0.3 is 9.52 Å². The van der Waals surface area contributed by atoms with E-state index in [4.69, 9.17) is 4.42 Å². The van der Waals surface area contributed by atoms with Gasteiger partial charge in [-0.15, -0.1) is 0 Å². The fourth-order valence-electron chi connectivity index (χ4n) is 3.51. The number of aliphatic hydroxyl groups is 1. The highest BCUT2D eigenvalue weighted by Gasteiger charge is 2.26. The summed E-state index contributed by atoms with van der Waals surface area (Å²) >= 11 is 0. The van der Waals surface area contributed by atoms with Crippen molar-refractivity contribution < 1.29 is 9.52 Å². The number of β-amino-alcohol motifs (C(OH)–C–C–N with tert-alkyl or cyclic N) is 1. The van der Waals surface area contributed by atoms with Gasteiger partial charge in [-0.2, -0.15) is 0 Å². The van der Waals surface area contributed by atoms with E-state index in [1.165, 1.54) is 0 Å². The molecule has 4 rings (SSSR count). The predicted octanol–water partition coefficient (Wildman–Crippen LogP) is 3.74. The topological polar surface area (TPSA) is 49.5 Å². The number of rotatable bonds is 4. The fraction of sp³-hybridized carbons (Fsp3) is 0.350. The first-order valence-corrected chi connectivity index (χ1v) is 8.60. The summed E-state index contributed by atoms with van der Waals surface area (Å²) in [5, 5.41) is 10.5. The van der Waals surface area contributed by atoms with Crippen molar-refractivity contribution in [3.05, 3.63) is 66.1 Å². The summed E-state index contributed by atoms with van der Waals surface area (Å²) in [7, 11) is 0. The van der Waals surface area contributed by atoms with Crippen LogP contribution in [0.3, 0.4) is 0 Å². The third kappa shape index (κ3) is 3.21.